The van der Waals surface area contributed by atoms with E-state index in [1.165, 1.54) is 11.3 Å². The summed E-state index contributed by atoms with van der Waals surface area (Å²) in [5.74, 6) is -0.0407. The Morgan fingerprint density at radius 1 is 1.64 bits per heavy atom. The largest absolute Gasteiger partial charge is 0.351 e. The van der Waals surface area contributed by atoms with E-state index < -0.39 is 0 Å². The van der Waals surface area contributed by atoms with Crippen LogP contribution in [0.5, 0.6) is 0 Å². The molecule has 14 heavy (non-hydrogen) atoms. The van der Waals surface area contributed by atoms with Gasteiger partial charge in [-0.15, -0.1) is 11.3 Å². The van der Waals surface area contributed by atoms with Gasteiger partial charge >= 0.3 is 0 Å². The Morgan fingerprint density at radius 2 is 2.43 bits per heavy atom. The molecule has 1 amide bonds. The van der Waals surface area contributed by atoms with Crippen LogP contribution in [0.4, 0.5) is 0 Å². The molecule has 0 aliphatic rings. The molecular formula is C10H12N2OS. The van der Waals surface area contributed by atoms with Crippen molar-refractivity contribution in [2.75, 3.05) is 6.54 Å². The van der Waals surface area contributed by atoms with Gasteiger partial charge in [0.05, 0.1) is 10.9 Å². The number of hydrogen-bond donors (Lipinski definition) is 1. The fraction of sp³-hybridized carbons (Fsp3) is 0.400. The number of carbonyl (C=O) groups excluding carboxylic acids is 1. The number of amides is 1. The molecule has 0 bridgehead atoms. The van der Waals surface area contributed by atoms with Crippen LogP contribution >= 0.6 is 11.3 Å². The normalized spacial score (nSPS) is 9.43. The Hall–Kier alpha value is -1.34. The van der Waals surface area contributed by atoms with Gasteiger partial charge in [-0.1, -0.05) is 0 Å². The Bertz CT molecular complexity index is 351. The van der Waals surface area contributed by atoms with Crippen LogP contribution < -0.4 is 5.32 Å². The molecule has 0 unspecified atom stereocenters. The maximum absolute atomic E-state index is 11.4. The monoisotopic (exact) mass is 208 g/mol. The van der Waals surface area contributed by atoms with E-state index in [1.807, 2.05) is 25.1 Å². The van der Waals surface area contributed by atoms with Gasteiger partial charge in [0, 0.05) is 17.8 Å². The number of unbranched alkanes of at least 4 members (excludes halogenated alkanes) is 1. The van der Waals surface area contributed by atoms with Gasteiger partial charge in [-0.3, -0.25) is 4.79 Å². The van der Waals surface area contributed by atoms with Crippen LogP contribution in [0.25, 0.3) is 0 Å². The summed E-state index contributed by atoms with van der Waals surface area (Å²) in [5, 5.41) is 11.1. The molecule has 0 aromatic carbocycles. The number of hydrogen-bond acceptors (Lipinski definition) is 3. The van der Waals surface area contributed by atoms with Crippen molar-refractivity contribution in [1.29, 1.82) is 5.26 Å². The number of nitrogens with one attached hydrogen (secondary N) is 1. The highest BCUT2D eigenvalue weighted by molar-refractivity contribution is 7.13. The molecule has 1 aromatic rings. The third kappa shape index (κ3) is 3.19. The van der Waals surface area contributed by atoms with E-state index in [2.05, 4.69) is 5.32 Å². The van der Waals surface area contributed by atoms with Crippen LogP contribution in [0, 0.1) is 18.3 Å². The summed E-state index contributed by atoms with van der Waals surface area (Å²) in [7, 11) is 0. The minimum Gasteiger partial charge on any atom is -0.351 e. The molecule has 1 aromatic heterocycles. The van der Waals surface area contributed by atoms with Gasteiger partial charge in [-0.05, 0) is 25.5 Å². The van der Waals surface area contributed by atoms with E-state index in [4.69, 9.17) is 5.26 Å². The van der Waals surface area contributed by atoms with Crippen LogP contribution in [0.15, 0.2) is 12.1 Å². The first-order chi connectivity index (χ1) is 6.74. The zero-order chi connectivity index (χ0) is 10.4. The average molecular weight is 208 g/mol. The lowest BCUT2D eigenvalue weighted by molar-refractivity contribution is 0.0957. The van der Waals surface area contributed by atoms with E-state index in [0.717, 1.165) is 9.75 Å². The lowest BCUT2D eigenvalue weighted by Gasteiger charge is -2.00. The third-order valence-corrected chi connectivity index (χ3v) is 2.71. The highest BCUT2D eigenvalue weighted by Gasteiger charge is 2.06. The van der Waals surface area contributed by atoms with Crippen molar-refractivity contribution in [2.45, 2.75) is 19.8 Å². The summed E-state index contributed by atoms with van der Waals surface area (Å²) in [4.78, 5) is 13.3. The fourth-order valence-corrected chi connectivity index (χ4v) is 1.80. The maximum Gasteiger partial charge on any atom is 0.261 e. The Labute approximate surface area is 87.4 Å². The molecule has 0 fully saturated rings. The van der Waals surface area contributed by atoms with Crippen LogP contribution in [0.3, 0.4) is 0 Å². The first-order valence-corrected chi connectivity index (χ1v) is 5.27. The van der Waals surface area contributed by atoms with Crippen molar-refractivity contribution >= 4 is 17.2 Å². The first kappa shape index (κ1) is 10.7. The molecule has 4 heteroatoms. The molecule has 0 spiro atoms. The van der Waals surface area contributed by atoms with Crippen LogP contribution in [0.1, 0.15) is 27.4 Å². The van der Waals surface area contributed by atoms with Gasteiger partial charge in [-0.25, -0.2) is 0 Å². The topological polar surface area (TPSA) is 52.9 Å². The van der Waals surface area contributed by atoms with Crippen LogP contribution in [0.2, 0.25) is 0 Å². The van der Waals surface area contributed by atoms with Crippen molar-refractivity contribution in [3.05, 3.63) is 21.9 Å². The highest BCUT2D eigenvalue weighted by Crippen LogP contribution is 2.14. The average Bonchev–Trinajstić information content (AvgIpc) is 2.59. The lowest BCUT2D eigenvalue weighted by Crippen LogP contribution is -2.23. The molecule has 1 N–H and O–H groups in total. The van der Waals surface area contributed by atoms with E-state index in [9.17, 15) is 4.79 Å². The lowest BCUT2D eigenvalue weighted by atomic mass is 10.3. The molecule has 0 saturated heterocycles. The van der Waals surface area contributed by atoms with Gasteiger partial charge in [0.1, 0.15) is 0 Å². The van der Waals surface area contributed by atoms with Crippen molar-refractivity contribution < 1.29 is 4.79 Å². The molecule has 0 atom stereocenters. The van der Waals surface area contributed by atoms with E-state index in [-0.39, 0.29) is 5.91 Å². The Morgan fingerprint density at radius 3 is 3.00 bits per heavy atom. The predicted octanol–water partition coefficient (Wildman–Crippen LogP) is 2.09. The zero-order valence-electron chi connectivity index (χ0n) is 8.04. The van der Waals surface area contributed by atoms with Crippen LogP contribution in [-0.4, -0.2) is 12.5 Å². The van der Waals surface area contributed by atoms with Gasteiger partial charge in [0.2, 0.25) is 0 Å². The Balaban J connectivity index is 2.33. The van der Waals surface area contributed by atoms with Crippen molar-refractivity contribution in [2.24, 2.45) is 0 Å². The second kappa shape index (κ2) is 5.40. The second-order valence-electron chi connectivity index (χ2n) is 2.93. The molecule has 0 aliphatic heterocycles. The molecule has 0 saturated carbocycles. The highest BCUT2D eigenvalue weighted by atomic mass is 32.1. The molecule has 0 aliphatic carbocycles. The van der Waals surface area contributed by atoms with Crippen molar-refractivity contribution in [1.82, 2.24) is 5.32 Å². The van der Waals surface area contributed by atoms with Gasteiger partial charge in [0.25, 0.3) is 5.91 Å². The van der Waals surface area contributed by atoms with Gasteiger partial charge in [-0.2, -0.15) is 5.26 Å². The summed E-state index contributed by atoms with van der Waals surface area (Å²) >= 11 is 1.48. The second-order valence-corrected chi connectivity index (χ2v) is 4.22. The first-order valence-electron chi connectivity index (χ1n) is 4.45. The van der Waals surface area contributed by atoms with Gasteiger partial charge < -0.3 is 5.32 Å². The van der Waals surface area contributed by atoms with E-state index in [0.29, 0.717) is 19.4 Å². The number of nitriles is 1. The summed E-state index contributed by atoms with van der Waals surface area (Å²) in [6.07, 6.45) is 1.20. The molecular weight excluding hydrogens is 196 g/mol. The van der Waals surface area contributed by atoms with Crippen molar-refractivity contribution in [3.8, 4) is 6.07 Å². The standard InChI is InChI=1S/C10H12N2OS/c1-8-4-5-9(14-8)10(13)12-7-3-2-6-11/h4-5H,2-3,7H2,1H3,(H,12,13). The molecule has 1 rings (SSSR count). The van der Waals surface area contributed by atoms with E-state index in [1.54, 1.807) is 0 Å². The number of aryl methyl sites for hydroxylation is 1. The van der Waals surface area contributed by atoms with Crippen LogP contribution in [-0.2, 0) is 0 Å². The minimum absolute atomic E-state index is 0.0407. The number of nitrogens with zero attached hydrogens (tertiary/aromatic N) is 1. The number of carbonyl (C=O) groups is 1. The molecule has 0 radical (unpaired) electrons. The summed E-state index contributed by atoms with van der Waals surface area (Å²) in [6, 6.07) is 5.78. The smallest absolute Gasteiger partial charge is 0.261 e. The summed E-state index contributed by atoms with van der Waals surface area (Å²) in [6.45, 7) is 2.54. The van der Waals surface area contributed by atoms with Crippen molar-refractivity contribution in [3.63, 3.8) is 0 Å². The quantitative estimate of drug-likeness (QED) is 0.770. The number of rotatable bonds is 4. The summed E-state index contributed by atoms with van der Waals surface area (Å²) < 4.78 is 0. The predicted molar refractivity (Wildman–Crippen MR) is 56.2 cm³/mol. The molecule has 74 valence electrons. The summed E-state index contributed by atoms with van der Waals surface area (Å²) in [5.41, 5.74) is 0. The molecule has 1 heterocycles. The minimum atomic E-state index is -0.0407. The fourth-order valence-electron chi connectivity index (χ4n) is 1.01. The SMILES string of the molecule is Cc1ccc(C(=O)NCCCC#N)s1. The van der Waals surface area contributed by atoms with E-state index >= 15 is 0 Å². The van der Waals surface area contributed by atoms with Gasteiger partial charge in [0.15, 0.2) is 0 Å². The maximum atomic E-state index is 11.4. The third-order valence-electron chi connectivity index (χ3n) is 1.72. The number of thiophene rings is 1. The molecule has 3 nitrogen and oxygen atoms in total. The Kier molecular flexibility index (Phi) is 4.14. The zero-order valence-corrected chi connectivity index (χ0v) is 8.86.